The van der Waals surface area contributed by atoms with Crippen molar-refractivity contribution in [1.82, 2.24) is 0 Å². The number of fused-ring (bicyclic) bond motifs is 3. The molecule has 11 rings (SSSR count). The lowest BCUT2D eigenvalue weighted by atomic mass is 9.99. The number of hydrogen-bond acceptors (Lipinski definition) is 5. The van der Waals surface area contributed by atoms with Gasteiger partial charge in [-0.3, -0.25) is 0 Å². The Kier molecular flexibility index (Phi) is 10.7. The molecule has 0 spiro atoms. The van der Waals surface area contributed by atoms with Crippen LogP contribution in [0.2, 0.25) is 0 Å². The maximum atomic E-state index is 10.3. The predicted octanol–water partition coefficient (Wildman–Crippen LogP) is 17.6. The van der Waals surface area contributed by atoms with E-state index in [0.29, 0.717) is 5.57 Å². The Labute approximate surface area is 393 Å². The van der Waals surface area contributed by atoms with Gasteiger partial charge in [0, 0.05) is 59.2 Å². The van der Waals surface area contributed by atoms with Crippen LogP contribution in [0, 0.1) is 17.9 Å². The average molecular weight is 879 g/mol. The van der Waals surface area contributed by atoms with Crippen LogP contribution in [0.1, 0.15) is 11.1 Å². The third-order valence-electron chi connectivity index (χ3n) is 12.0. The molecule has 0 aliphatic heterocycles. The summed E-state index contributed by atoms with van der Waals surface area (Å²) in [7, 11) is 0. The van der Waals surface area contributed by atoms with Crippen molar-refractivity contribution >= 4 is 62.4 Å². The van der Waals surface area contributed by atoms with Gasteiger partial charge in [-0.25, -0.2) is 10.1 Å². The number of nitriles is 1. The Morgan fingerprint density at radius 3 is 0.985 bits per heavy atom. The highest BCUT2D eigenvalue weighted by atomic mass is 32.1. The number of anilines is 6. The molecule has 0 unspecified atom stereocenters. The van der Waals surface area contributed by atoms with Crippen LogP contribution in [-0.2, 0) is 0 Å². The minimum Gasteiger partial charge on any atom is -0.311 e. The molecule has 1 aliphatic rings. The molecule has 0 N–H and O–H groups in total. The fourth-order valence-corrected chi connectivity index (χ4v) is 10.9. The fourth-order valence-electron chi connectivity index (χ4n) is 8.86. The summed E-state index contributed by atoms with van der Waals surface area (Å²) in [6, 6.07) is 83.1. The first-order chi connectivity index (χ1) is 32.6. The van der Waals surface area contributed by atoms with Gasteiger partial charge in [-0.15, -0.1) is 22.7 Å². The number of allylic oxidation sites excluding steroid dienone is 1. The number of para-hydroxylation sites is 4. The maximum absolute atomic E-state index is 10.3. The van der Waals surface area contributed by atoms with E-state index in [1.54, 1.807) is 22.7 Å². The SMILES string of the molecule is [C-]#[N+]C(C#N)=C1c2cc(-c3ccc(-c4ccc(N(c5ccccc5)c5ccccc5)cc4)s3)ccc2-c2ccc(-c3ccc(-c4ccc(N(c5ccccc5)c5ccccc5)cc4)s3)cc21. The van der Waals surface area contributed by atoms with Crippen molar-refractivity contribution in [3.05, 3.63) is 259 Å². The normalized spacial score (nSPS) is 11.3. The Balaban J connectivity index is 0.866. The van der Waals surface area contributed by atoms with Gasteiger partial charge < -0.3 is 9.80 Å². The Morgan fingerprint density at radius 1 is 0.364 bits per heavy atom. The molecule has 2 aromatic heterocycles. The molecule has 10 aromatic rings. The minimum absolute atomic E-state index is 0.100. The standard InChI is InChI=1S/C60H38N4S2/c1-62-55(40-61)60-53-38-43(58-36-34-56(65-58)41-22-28-49(29-23-41)63(45-14-6-2-7-15-45)46-16-8-3-9-17-46)26-32-51(53)52-33-27-44(39-54(52)60)59-37-35-57(66-59)42-24-30-50(31-25-42)64(47-18-10-4-11-19-47)48-20-12-5-13-21-48/h2-39H. The molecule has 0 fully saturated rings. The molecule has 8 aromatic carbocycles. The third-order valence-corrected chi connectivity index (χ3v) is 14.3. The molecule has 310 valence electrons. The van der Waals surface area contributed by atoms with Crippen LogP contribution in [0.4, 0.5) is 34.1 Å². The van der Waals surface area contributed by atoms with Crippen LogP contribution in [-0.4, -0.2) is 0 Å². The molecule has 6 heteroatoms. The monoisotopic (exact) mass is 878 g/mol. The van der Waals surface area contributed by atoms with Gasteiger partial charge in [-0.05, 0) is 154 Å². The lowest BCUT2D eigenvalue weighted by molar-refractivity contribution is 1.28. The van der Waals surface area contributed by atoms with Crippen molar-refractivity contribution in [2.75, 3.05) is 9.80 Å². The van der Waals surface area contributed by atoms with E-state index in [0.717, 1.165) is 98.1 Å². The summed E-state index contributed by atoms with van der Waals surface area (Å²) < 4.78 is 0. The Bertz CT molecular complexity index is 3160. The van der Waals surface area contributed by atoms with Crippen molar-refractivity contribution in [2.24, 2.45) is 0 Å². The molecule has 0 bridgehead atoms. The molecular weight excluding hydrogens is 841 g/mol. The second-order valence-corrected chi connectivity index (χ2v) is 18.1. The van der Waals surface area contributed by atoms with Crippen LogP contribution in [0.5, 0.6) is 0 Å². The Morgan fingerprint density at radius 2 is 0.667 bits per heavy atom. The Hall–Kier alpha value is -8.52. The van der Waals surface area contributed by atoms with Gasteiger partial charge in [0.25, 0.3) is 5.70 Å². The quantitative estimate of drug-likeness (QED) is 0.101. The topological polar surface area (TPSA) is 34.6 Å². The molecule has 0 atom stereocenters. The first-order valence-electron chi connectivity index (χ1n) is 21.7. The number of rotatable bonds is 10. The smallest absolute Gasteiger partial charge is 0.270 e. The van der Waals surface area contributed by atoms with E-state index in [4.69, 9.17) is 6.57 Å². The summed E-state index contributed by atoms with van der Waals surface area (Å²) in [5.74, 6) is 0. The largest absolute Gasteiger partial charge is 0.311 e. The number of benzene rings is 8. The van der Waals surface area contributed by atoms with E-state index < -0.39 is 0 Å². The first-order valence-corrected chi connectivity index (χ1v) is 23.3. The zero-order chi connectivity index (χ0) is 44.4. The van der Waals surface area contributed by atoms with E-state index >= 15 is 0 Å². The maximum Gasteiger partial charge on any atom is 0.270 e. The minimum atomic E-state index is 0.100. The summed E-state index contributed by atoms with van der Waals surface area (Å²) in [5.41, 5.74) is 15.7. The van der Waals surface area contributed by atoms with Crippen molar-refractivity contribution in [1.29, 1.82) is 5.26 Å². The molecule has 1 aliphatic carbocycles. The molecule has 2 heterocycles. The van der Waals surface area contributed by atoms with Crippen molar-refractivity contribution in [3.8, 4) is 59.0 Å². The van der Waals surface area contributed by atoms with E-state index in [2.05, 4.69) is 227 Å². The zero-order valence-corrected chi connectivity index (χ0v) is 37.2. The van der Waals surface area contributed by atoms with E-state index in [1.807, 2.05) is 24.3 Å². The molecule has 0 amide bonds. The van der Waals surface area contributed by atoms with Crippen LogP contribution in [0.3, 0.4) is 0 Å². The molecule has 66 heavy (non-hydrogen) atoms. The molecule has 4 nitrogen and oxygen atoms in total. The lowest BCUT2D eigenvalue weighted by Crippen LogP contribution is -2.09. The summed E-state index contributed by atoms with van der Waals surface area (Å²) in [4.78, 5) is 12.9. The van der Waals surface area contributed by atoms with Gasteiger partial charge in [0.1, 0.15) is 0 Å². The van der Waals surface area contributed by atoms with Gasteiger partial charge >= 0.3 is 0 Å². The van der Waals surface area contributed by atoms with Crippen LogP contribution >= 0.6 is 22.7 Å². The van der Waals surface area contributed by atoms with Gasteiger partial charge in [0.15, 0.2) is 0 Å². The summed E-state index contributed by atoms with van der Waals surface area (Å²) in [5, 5.41) is 10.3. The van der Waals surface area contributed by atoms with Crippen molar-refractivity contribution in [2.45, 2.75) is 0 Å². The molecular formula is C60H38N4S2. The predicted molar refractivity (Wildman–Crippen MR) is 277 cm³/mol. The summed E-state index contributed by atoms with van der Waals surface area (Å²) in [6.45, 7) is 8.06. The fraction of sp³-hybridized carbons (Fsp3) is 0. The van der Waals surface area contributed by atoms with Gasteiger partial charge in [0.05, 0.1) is 12.6 Å². The number of thiophene rings is 2. The summed E-state index contributed by atoms with van der Waals surface area (Å²) in [6.07, 6.45) is 0. The van der Waals surface area contributed by atoms with Gasteiger partial charge in [-0.2, -0.15) is 0 Å². The first kappa shape index (κ1) is 40.3. The van der Waals surface area contributed by atoms with Crippen molar-refractivity contribution in [3.63, 3.8) is 0 Å². The molecule has 0 saturated heterocycles. The second kappa shape index (κ2) is 17.6. The van der Waals surface area contributed by atoms with Crippen LogP contribution in [0.25, 0.3) is 63.3 Å². The van der Waals surface area contributed by atoms with Gasteiger partial charge in [-0.1, -0.05) is 121 Å². The van der Waals surface area contributed by atoms with E-state index in [1.165, 1.54) is 0 Å². The van der Waals surface area contributed by atoms with E-state index in [-0.39, 0.29) is 5.70 Å². The summed E-state index contributed by atoms with van der Waals surface area (Å²) >= 11 is 3.48. The highest BCUT2D eigenvalue weighted by molar-refractivity contribution is 7.19. The highest BCUT2D eigenvalue weighted by Crippen LogP contribution is 2.50. The third kappa shape index (κ3) is 7.57. The lowest BCUT2D eigenvalue weighted by Gasteiger charge is -2.25. The van der Waals surface area contributed by atoms with Gasteiger partial charge in [0.2, 0.25) is 0 Å². The molecule has 0 radical (unpaired) electrons. The van der Waals surface area contributed by atoms with Crippen molar-refractivity contribution < 1.29 is 0 Å². The average Bonchev–Trinajstić information content (AvgIpc) is 4.16. The molecule has 0 saturated carbocycles. The zero-order valence-electron chi connectivity index (χ0n) is 35.5. The second-order valence-electron chi connectivity index (χ2n) is 15.9. The number of hydrogen-bond donors (Lipinski definition) is 0. The van der Waals surface area contributed by atoms with E-state index in [9.17, 15) is 5.26 Å². The number of nitrogens with zero attached hydrogens (tertiary/aromatic N) is 4. The van der Waals surface area contributed by atoms with Crippen LogP contribution < -0.4 is 9.80 Å². The van der Waals surface area contributed by atoms with Crippen LogP contribution in [0.15, 0.2) is 236 Å². The highest BCUT2D eigenvalue weighted by Gasteiger charge is 2.28.